The summed E-state index contributed by atoms with van der Waals surface area (Å²) in [6.07, 6.45) is 1.65. The zero-order valence-electron chi connectivity index (χ0n) is 9.19. The molecule has 84 valence electrons. The number of rotatable bonds is 5. The van der Waals surface area contributed by atoms with E-state index in [4.69, 9.17) is 11.6 Å². The Bertz CT molecular complexity index is 312. The summed E-state index contributed by atoms with van der Waals surface area (Å²) in [6, 6.07) is 5.63. The maximum absolute atomic E-state index is 13.4. The molecular weight excluding hydrogens is 213 g/mol. The Balaban J connectivity index is 2.41. The maximum Gasteiger partial charge on any atom is 0.144 e. The normalized spacial score (nSPS) is 11.0. The van der Waals surface area contributed by atoms with Gasteiger partial charge in [-0.3, -0.25) is 0 Å². The van der Waals surface area contributed by atoms with Crippen LogP contribution < -0.4 is 5.32 Å². The average molecular weight is 230 g/mol. The fourth-order valence-electron chi connectivity index (χ4n) is 1.41. The van der Waals surface area contributed by atoms with E-state index >= 15 is 0 Å². The monoisotopic (exact) mass is 229 g/mol. The zero-order valence-corrected chi connectivity index (χ0v) is 9.94. The van der Waals surface area contributed by atoms with E-state index in [2.05, 4.69) is 19.2 Å². The minimum Gasteiger partial charge on any atom is -0.315 e. The molecule has 0 aliphatic rings. The summed E-state index contributed by atoms with van der Waals surface area (Å²) in [6.45, 7) is 5.10. The van der Waals surface area contributed by atoms with Crippen LogP contribution >= 0.6 is 11.6 Å². The molecule has 0 saturated heterocycles. The van der Waals surface area contributed by atoms with Crippen molar-refractivity contribution in [3.8, 4) is 0 Å². The first-order valence-electron chi connectivity index (χ1n) is 5.27. The van der Waals surface area contributed by atoms with E-state index in [1.165, 1.54) is 0 Å². The molecular formula is C12H17ClFN. The highest BCUT2D eigenvalue weighted by Gasteiger charge is 2.05. The summed E-state index contributed by atoms with van der Waals surface area (Å²) in [7, 11) is 0. The molecule has 0 heterocycles. The van der Waals surface area contributed by atoms with E-state index in [0.29, 0.717) is 11.6 Å². The number of hydrogen-bond acceptors (Lipinski definition) is 1. The van der Waals surface area contributed by atoms with Gasteiger partial charge in [0.15, 0.2) is 0 Å². The highest BCUT2D eigenvalue weighted by atomic mass is 35.5. The fourth-order valence-corrected chi connectivity index (χ4v) is 1.61. The van der Waals surface area contributed by atoms with Gasteiger partial charge >= 0.3 is 0 Å². The van der Waals surface area contributed by atoms with Crippen LogP contribution in [0.5, 0.6) is 0 Å². The third-order valence-electron chi connectivity index (χ3n) is 2.21. The van der Waals surface area contributed by atoms with Gasteiger partial charge in [-0.05, 0) is 31.0 Å². The Morgan fingerprint density at radius 2 is 2.13 bits per heavy atom. The van der Waals surface area contributed by atoms with Gasteiger partial charge in [-0.2, -0.15) is 0 Å². The van der Waals surface area contributed by atoms with Crippen LogP contribution in [-0.2, 0) is 6.42 Å². The van der Waals surface area contributed by atoms with Crippen molar-refractivity contribution in [1.29, 1.82) is 0 Å². The first-order chi connectivity index (χ1) is 7.11. The lowest BCUT2D eigenvalue weighted by atomic mass is 10.1. The van der Waals surface area contributed by atoms with Gasteiger partial charge in [0.05, 0.1) is 5.02 Å². The molecule has 0 aliphatic heterocycles. The van der Waals surface area contributed by atoms with Crippen molar-refractivity contribution >= 4 is 11.6 Å². The van der Waals surface area contributed by atoms with Crippen molar-refractivity contribution < 1.29 is 4.39 Å². The summed E-state index contributed by atoms with van der Waals surface area (Å²) < 4.78 is 13.4. The summed E-state index contributed by atoms with van der Waals surface area (Å²) in [5.41, 5.74) is 0.702. The molecule has 0 amide bonds. The van der Waals surface area contributed by atoms with Crippen LogP contribution in [0.1, 0.15) is 25.8 Å². The summed E-state index contributed by atoms with van der Waals surface area (Å²) in [4.78, 5) is 0. The molecule has 1 aromatic rings. The van der Waals surface area contributed by atoms with E-state index in [1.54, 1.807) is 18.2 Å². The molecule has 0 unspecified atom stereocenters. The summed E-state index contributed by atoms with van der Waals surface area (Å²) >= 11 is 5.69. The van der Waals surface area contributed by atoms with Gasteiger partial charge in [-0.25, -0.2) is 4.39 Å². The highest BCUT2D eigenvalue weighted by molar-refractivity contribution is 6.30. The number of halogens is 2. The summed E-state index contributed by atoms with van der Waals surface area (Å²) in [5.74, 6) is -0.274. The fraction of sp³-hybridized carbons (Fsp3) is 0.500. The molecule has 1 N–H and O–H groups in total. The molecule has 0 spiro atoms. The van der Waals surface area contributed by atoms with E-state index in [0.717, 1.165) is 19.4 Å². The van der Waals surface area contributed by atoms with Crippen LogP contribution in [0.25, 0.3) is 0 Å². The van der Waals surface area contributed by atoms with Crippen LogP contribution in [0.4, 0.5) is 4.39 Å². The third-order valence-corrected chi connectivity index (χ3v) is 2.50. The standard InChI is InChI=1S/C12H17ClFN/c1-9(2)15-8-4-6-10-5-3-7-11(13)12(10)14/h3,5,7,9,15H,4,6,8H2,1-2H3. The van der Waals surface area contributed by atoms with Gasteiger partial charge in [-0.15, -0.1) is 0 Å². The smallest absolute Gasteiger partial charge is 0.144 e. The van der Waals surface area contributed by atoms with Crippen LogP contribution in [0, 0.1) is 5.82 Å². The molecule has 0 saturated carbocycles. The van der Waals surface area contributed by atoms with E-state index < -0.39 is 0 Å². The van der Waals surface area contributed by atoms with Gasteiger partial charge in [0.25, 0.3) is 0 Å². The van der Waals surface area contributed by atoms with E-state index in [9.17, 15) is 4.39 Å². The number of aryl methyl sites for hydroxylation is 1. The molecule has 15 heavy (non-hydrogen) atoms. The number of hydrogen-bond donors (Lipinski definition) is 1. The Morgan fingerprint density at radius 3 is 2.80 bits per heavy atom. The van der Waals surface area contributed by atoms with Crippen molar-refractivity contribution in [2.75, 3.05) is 6.54 Å². The SMILES string of the molecule is CC(C)NCCCc1cccc(Cl)c1F. The summed E-state index contributed by atoms with van der Waals surface area (Å²) in [5, 5.41) is 3.51. The van der Waals surface area contributed by atoms with Gasteiger partial charge in [0, 0.05) is 6.04 Å². The molecule has 0 aromatic heterocycles. The molecule has 1 aromatic carbocycles. The lowest BCUT2D eigenvalue weighted by Crippen LogP contribution is -2.24. The molecule has 0 fully saturated rings. The second kappa shape index (κ2) is 6.09. The van der Waals surface area contributed by atoms with Crippen molar-refractivity contribution in [1.82, 2.24) is 5.32 Å². The van der Waals surface area contributed by atoms with Gasteiger partial charge in [0.2, 0.25) is 0 Å². The quantitative estimate of drug-likeness (QED) is 0.763. The largest absolute Gasteiger partial charge is 0.315 e. The third kappa shape index (κ3) is 4.18. The van der Waals surface area contributed by atoms with Gasteiger partial charge < -0.3 is 5.32 Å². The predicted molar refractivity (Wildman–Crippen MR) is 62.9 cm³/mol. The lowest BCUT2D eigenvalue weighted by molar-refractivity contribution is 0.559. The lowest BCUT2D eigenvalue weighted by Gasteiger charge is -2.08. The van der Waals surface area contributed by atoms with Crippen LogP contribution in [0.2, 0.25) is 5.02 Å². The molecule has 0 aliphatic carbocycles. The Labute approximate surface area is 95.6 Å². The first kappa shape index (κ1) is 12.5. The Hall–Kier alpha value is -0.600. The van der Waals surface area contributed by atoms with Crippen LogP contribution in [-0.4, -0.2) is 12.6 Å². The highest BCUT2D eigenvalue weighted by Crippen LogP contribution is 2.18. The molecule has 0 atom stereocenters. The molecule has 3 heteroatoms. The second-order valence-electron chi connectivity index (χ2n) is 3.93. The average Bonchev–Trinajstić information content (AvgIpc) is 2.18. The number of benzene rings is 1. The van der Waals surface area contributed by atoms with Crippen molar-refractivity contribution in [3.63, 3.8) is 0 Å². The molecule has 0 bridgehead atoms. The van der Waals surface area contributed by atoms with Gasteiger partial charge in [-0.1, -0.05) is 37.6 Å². The zero-order chi connectivity index (χ0) is 11.3. The Morgan fingerprint density at radius 1 is 1.40 bits per heavy atom. The minimum atomic E-state index is -0.274. The predicted octanol–water partition coefficient (Wildman–Crippen LogP) is 3.41. The van der Waals surface area contributed by atoms with Crippen molar-refractivity contribution in [2.24, 2.45) is 0 Å². The topological polar surface area (TPSA) is 12.0 Å². The van der Waals surface area contributed by atoms with Crippen LogP contribution in [0.3, 0.4) is 0 Å². The first-order valence-corrected chi connectivity index (χ1v) is 5.65. The van der Waals surface area contributed by atoms with Crippen molar-refractivity contribution in [2.45, 2.75) is 32.7 Å². The van der Waals surface area contributed by atoms with Crippen LogP contribution in [0.15, 0.2) is 18.2 Å². The second-order valence-corrected chi connectivity index (χ2v) is 4.33. The van der Waals surface area contributed by atoms with Gasteiger partial charge in [0.1, 0.15) is 5.82 Å². The molecule has 1 nitrogen and oxygen atoms in total. The minimum absolute atomic E-state index is 0.212. The maximum atomic E-state index is 13.4. The van der Waals surface area contributed by atoms with E-state index in [-0.39, 0.29) is 10.8 Å². The Kier molecular flexibility index (Phi) is 5.06. The van der Waals surface area contributed by atoms with Crippen molar-refractivity contribution in [3.05, 3.63) is 34.6 Å². The van der Waals surface area contributed by atoms with E-state index in [1.807, 2.05) is 0 Å². The molecule has 1 rings (SSSR count). The molecule has 0 radical (unpaired) electrons. The number of nitrogens with one attached hydrogen (secondary N) is 1.